The van der Waals surface area contributed by atoms with Crippen LogP contribution in [0.25, 0.3) is 11.0 Å². The van der Waals surface area contributed by atoms with Crippen molar-refractivity contribution < 1.29 is 9.66 Å². The van der Waals surface area contributed by atoms with Gasteiger partial charge in [-0.25, -0.2) is 10.4 Å². The van der Waals surface area contributed by atoms with Crippen LogP contribution in [0.15, 0.2) is 77.9 Å². The van der Waals surface area contributed by atoms with Crippen LogP contribution in [0.1, 0.15) is 11.1 Å². The molecule has 8 nitrogen and oxygen atoms in total. The zero-order valence-corrected chi connectivity index (χ0v) is 16.2. The molecule has 0 aliphatic heterocycles. The van der Waals surface area contributed by atoms with Crippen LogP contribution >= 0.6 is 0 Å². The third-order valence-corrected chi connectivity index (χ3v) is 4.58. The quantitative estimate of drug-likeness (QED) is 0.279. The van der Waals surface area contributed by atoms with E-state index >= 15 is 0 Å². The van der Waals surface area contributed by atoms with E-state index in [4.69, 9.17) is 4.74 Å². The van der Waals surface area contributed by atoms with Gasteiger partial charge in [0, 0.05) is 19.2 Å². The van der Waals surface area contributed by atoms with Gasteiger partial charge in [-0.15, -0.1) is 0 Å². The molecular weight excluding hydrogens is 382 g/mol. The van der Waals surface area contributed by atoms with E-state index in [1.165, 1.54) is 12.1 Å². The molecule has 1 heterocycles. The van der Waals surface area contributed by atoms with Crippen LogP contribution < -0.4 is 10.2 Å². The van der Waals surface area contributed by atoms with Crippen molar-refractivity contribution in [2.75, 3.05) is 5.43 Å². The summed E-state index contributed by atoms with van der Waals surface area (Å²) in [4.78, 5) is 14.8. The first kappa shape index (κ1) is 19.1. The molecule has 4 rings (SSSR count). The molecule has 1 N–H and O–H groups in total. The van der Waals surface area contributed by atoms with Crippen molar-refractivity contribution in [2.24, 2.45) is 12.1 Å². The molecule has 30 heavy (non-hydrogen) atoms. The number of benzene rings is 3. The van der Waals surface area contributed by atoms with Crippen molar-refractivity contribution in [3.63, 3.8) is 0 Å². The number of nitrogens with zero attached hydrogens (tertiary/aromatic N) is 4. The predicted molar refractivity (Wildman–Crippen MR) is 116 cm³/mol. The predicted octanol–water partition coefficient (Wildman–Crippen LogP) is 4.51. The topological polar surface area (TPSA) is 94.6 Å². The van der Waals surface area contributed by atoms with Crippen LogP contribution in [0.2, 0.25) is 0 Å². The van der Waals surface area contributed by atoms with E-state index in [2.05, 4.69) is 15.5 Å². The number of non-ortho nitro benzene ring substituents is 1. The Balaban J connectivity index is 1.39. The third kappa shape index (κ3) is 4.27. The average molecular weight is 401 g/mol. The molecule has 0 amide bonds. The fraction of sp³-hybridized carbons (Fsp3) is 0.0909. The van der Waals surface area contributed by atoms with Gasteiger partial charge in [-0.1, -0.05) is 24.3 Å². The molecule has 0 bridgehead atoms. The number of hydrogen-bond acceptors (Lipinski definition) is 6. The van der Waals surface area contributed by atoms with Crippen LogP contribution in [0, 0.1) is 10.1 Å². The lowest BCUT2D eigenvalue weighted by Gasteiger charge is -2.07. The summed E-state index contributed by atoms with van der Waals surface area (Å²) in [6, 6.07) is 21.7. The van der Waals surface area contributed by atoms with E-state index < -0.39 is 4.92 Å². The number of ether oxygens (including phenoxy) is 1. The van der Waals surface area contributed by atoms with E-state index in [0.29, 0.717) is 18.3 Å². The lowest BCUT2D eigenvalue weighted by Crippen LogP contribution is -1.99. The first-order chi connectivity index (χ1) is 14.6. The van der Waals surface area contributed by atoms with Gasteiger partial charge in [-0.2, -0.15) is 5.10 Å². The summed E-state index contributed by atoms with van der Waals surface area (Å²) in [5, 5.41) is 15.0. The second-order valence-electron chi connectivity index (χ2n) is 6.64. The van der Waals surface area contributed by atoms with Gasteiger partial charge in [0.25, 0.3) is 5.69 Å². The third-order valence-electron chi connectivity index (χ3n) is 4.58. The van der Waals surface area contributed by atoms with E-state index in [1.807, 2.05) is 60.1 Å². The smallest absolute Gasteiger partial charge is 0.269 e. The summed E-state index contributed by atoms with van der Waals surface area (Å²) in [7, 11) is 1.93. The SMILES string of the molecule is Cn1c(N/N=C\c2cccc(OCc3ccc([N+](=O)[O-])cc3)c2)nc2ccccc21. The van der Waals surface area contributed by atoms with Gasteiger partial charge in [0.2, 0.25) is 5.95 Å². The summed E-state index contributed by atoms with van der Waals surface area (Å²) in [5.41, 5.74) is 6.67. The zero-order valence-electron chi connectivity index (χ0n) is 16.2. The molecule has 0 aliphatic rings. The summed E-state index contributed by atoms with van der Waals surface area (Å²) in [5.74, 6) is 1.33. The molecule has 0 saturated heterocycles. The minimum atomic E-state index is -0.422. The van der Waals surface area contributed by atoms with Crippen LogP contribution in [0.4, 0.5) is 11.6 Å². The normalized spacial score (nSPS) is 11.1. The van der Waals surface area contributed by atoms with Gasteiger partial charge in [-0.05, 0) is 47.5 Å². The number of rotatable bonds is 7. The Labute approximate surface area is 172 Å². The van der Waals surface area contributed by atoms with Gasteiger partial charge in [0.05, 0.1) is 22.2 Å². The first-order valence-corrected chi connectivity index (χ1v) is 9.27. The lowest BCUT2D eigenvalue weighted by molar-refractivity contribution is -0.384. The summed E-state index contributed by atoms with van der Waals surface area (Å²) in [6.07, 6.45) is 1.69. The maximum Gasteiger partial charge on any atom is 0.269 e. The Morgan fingerprint density at radius 3 is 2.70 bits per heavy atom. The number of hydrogen-bond donors (Lipinski definition) is 1. The minimum absolute atomic E-state index is 0.0602. The number of hydrazone groups is 1. The van der Waals surface area contributed by atoms with Crippen LogP contribution in [-0.4, -0.2) is 20.7 Å². The molecular formula is C22H19N5O3. The van der Waals surface area contributed by atoms with Crippen molar-refractivity contribution in [2.45, 2.75) is 6.61 Å². The molecule has 0 unspecified atom stereocenters. The molecule has 0 saturated carbocycles. The number of aryl methyl sites for hydroxylation is 1. The molecule has 8 heteroatoms. The second-order valence-corrected chi connectivity index (χ2v) is 6.64. The fourth-order valence-electron chi connectivity index (χ4n) is 2.98. The number of aromatic nitrogens is 2. The maximum absolute atomic E-state index is 10.7. The van der Waals surface area contributed by atoms with Crippen molar-refractivity contribution >= 4 is 28.9 Å². The molecule has 0 atom stereocenters. The highest BCUT2D eigenvalue weighted by molar-refractivity contribution is 5.81. The average Bonchev–Trinajstić information content (AvgIpc) is 3.09. The Kier molecular flexibility index (Phi) is 5.38. The Hall–Kier alpha value is -4.20. The van der Waals surface area contributed by atoms with Gasteiger partial charge < -0.3 is 9.30 Å². The van der Waals surface area contributed by atoms with E-state index in [1.54, 1.807) is 18.3 Å². The second kappa shape index (κ2) is 8.44. The minimum Gasteiger partial charge on any atom is -0.489 e. The van der Waals surface area contributed by atoms with Crippen molar-refractivity contribution in [1.29, 1.82) is 0 Å². The molecule has 0 radical (unpaired) electrons. The van der Waals surface area contributed by atoms with E-state index in [9.17, 15) is 10.1 Å². The molecule has 0 spiro atoms. The lowest BCUT2D eigenvalue weighted by atomic mass is 10.2. The van der Waals surface area contributed by atoms with Crippen molar-refractivity contribution in [1.82, 2.24) is 9.55 Å². The highest BCUT2D eigenvalue weighted by Gasteiger charge is 2.06. The Bertz CT molecular complexity index is 1220. The maximum atomic E-state index is 10.7. The zero-order chi connectivity index (χ0) is 20.9. The summed E-state index contributed by atoms with van der Waals surface area (Å²) in [6.45, 7) is 0.316. The first-order valence-electron chi connectivity index (χ1n) is 9.27. The van der Waals surface area contributed by atoms with Crippen LogP contribution in [-0.2, 0) is 13.7 Å². The number of nitrogens with one attached hydrogen (secondary N) is 1. The number of imidazole rings is 1. The molecule has 3 aromatic carbocycles. The monoisotopic (exact) mass is 401 g/mol. The van der Waals surface area contributed by atoms with Crippen LogP contribution in [0.3, 0.4) is 0 Å². The standard InChI is InChI=1S/C22H19N5O3/c1-26-21-8-3-2-7-20(21)24-22(26)25-23-14-17-5-4-6-19(13-17)30-15-16-9-11-18(12-10-16)27(28)29/h2-14H,15H2,1H3,(H,24,25)/b23-14-. The molecule has 0 fully saturated rings. The Morgan fingerprint density at radius 2 is 1.93 bits per heavy atom. The molecule has 0 aliphatic carbocycles. The number of nitro benzene ring substituents is 1. The molecule has 1 aromatic heterocycles. The molecule has 150 valence electrons. The number of anilines is 1. The fourth-order valence-corrected chi connectivity index (χ4v) is 2.98. The summed E-state index contributed by atoms with van der Waals surface area (Å²) >= 11 is 0. The van der Waals surface area contributed by atoms with E-state index in [-0.39, 0.29) is 5.69 Å². The Morgan fingerprint density at radius 1 is 1.13 bits per heavy atom. The van der Waals surface area contributed by atoms with Gasteiger partial charge in [-0.3, -0.25) is 10.1 Å². The van der Waals surface area contributed by atoms with Gasteiger partial charge in [0.1, 0.15) is 12.4 Å². The van der Waals surface area contributed by atoms with Crippen molar-refractivity contribution in [3.8, 4) is 5.75 Å². The molecule has 4 aromatic rings. The van der Waals surface area contributed by atoms with Gasteiger partial charge in [0.15, 0.2) is 0 Å². The number of para-hydroxylation sites is 2. The number of nitro groups is 1. The van der Waals surface area contributed by atoms with Crippen LogP contribution in [0.5, 0.6) is 5.75 Å². The highest BCUT2D eigenvalue weighted by Crippen LogP contribution is 2.18. The van der Waals surface area contributed by atoms with Gasteiger partial charge >= 0.3 is 0 Å². The van der Waals surface area contributed by atoms with Crippen molar-refractivity contribution in [3.05, 3.63) is 94.0 Å². The van der Waals surface area contributed by atoms with E-state index in [0.717, 1.165) is 22.2 Å². The number of fused-ring (bicyclic) bond motifs is 1. The summed E-state index contributed by atoms with van der Waals surface area (Å²) < 4.78 is 7.73. The largest absolute Gasteiger partial charge is 0.489 e. The highest BCUT2D eigenvalue weighted by atomic mass is 16.6.